The number of rotatable bonds is 3. The van der Waals surface area contributed by atoms with Gasteiger partial charge < -0.3 is 10.8 Å². The minimum atomic E-state index is -0.556. The van der Waals surface area contributed by atoms with Crippen LogP contribution in [0, 0.1) is 0 Å². The van der Waals surface area contributed by atoms with E-state index in [1.54, 1.807) is 0 Å². The minimum Gasteiger partial charge on any atom is -0.387 e. The van der Waals surface area contributed by atoms with Gasteiger partial charge in [0.2, 0.25) is 0 Å². The van der Waals surface area contributed by atoms with E-state index in [0.29, 0.717) is 22.9 Å². The monoisotopic (exact) mass is 192 g/mol. The van der Waals surface area contributed by atoms with Crippen molar-refractivity contribution < 1.29 is 5.11 Å². The molecule has 0 saturated heterocycles. The molecule has 1 aromatic rings. The molecule has 11 heavy (non-hydrogen) atoms. The number of nitrogens with zero attached hydrogens (tertiary/aromatic N) is 1. The molecule has 1 aromatic heterocycles. The van der Waals surface area contributed by atoms with Crippen LogP contribution in [0.5, 0.6) is 0 Å². The fourth-order valence-corrected chi connectivity index (χ4v) is 1.73. The number of aromatic nitrogens is 1. The summed E-state index contributed by atoms with van der Waals surface area (Å²) in [6.07, 6.45) is 1.50. The summed E-state index contributed by atoms with van der Waals surface area (Å²) in [5.41, 5.74) is 5.27. The van der Waals surface area contributed by atoms with E-state index in [9.17, 15) is 5.11 Å². The van der Waals surface area contributed by atoms with Gasteiger partial charge in [0.05, 0.1) is 22.2 Å². The van der Waals surface area contributed by atoms with E-state index in [0.717, 1.165) is 0 Å². The van der Waals surface area contributed by atoms with Crippen molar-refractivity contribution in [3.8, 4) is 0 Å². The molecule has 0 fully saturated rings. The second kappa shape index (κ2) is 4.01. The first-order valence-electron chi connectivity index (χ1n) is 3.24. The molecule has 0 aliphatic rings. The molecule has 1 heterocycles. The summed E-state index contributed by atoms with van der Waals surface area (Å²) < 4.78 is 3.83. The van der Waals surface area contributed by atoms with Crippen LogP contribution >= 0.6 is 23.1 Å². The molecular weight excluding hydrogens is 184 g/mol. The highest BCUT2D eigenvalue weighted by molar-refractivity contribution is 7.06. The lowest BCUT2D eigenvalue weighted by atomic mass is 10.2. The van der Waals surface area contributed by atoms with Crippen LogP contribution in [0.4, 0.5) is 0 Å². The highest BCUT2D eigenvalue weighted by atomic mass is 35.5. The molecule has 3 N–H and O–H groups in total. The van der Waals surface area contributed by atoms with Crippen molar-refractivity contribution in [3.63, 3.8) is 0 Å². The molecule has 62 valence electrons. The van der Waals surface area contributed by atoms with Gasteiger partial charge in [-0.25, -0.2) is 0 Å². The third kappa shape index (κ3) is 2.13. The van der Waals surface area contributed by atoms with E-state index in [2.05, 4.69) is 4.37 Å². The van der Waals surface area contributed by atoms with Crippen molar-refractivity contribution in [2.75, 3.05) is 6.54 Å². The minimum absolute atomic E-state index is 0.454. The predicted molar refractivity (Wildman–Crippen MR) is 45.8 cm³/mol. The lowest BCUT2D eigenvalue weighted by Gasteiger charge is -2.04. The zero-order valence-corrected chi connectivity index (χ0v) is 7.40. The average molecular weight is 193 g/mol. The van der Waals surface area contributed by atoms with Gasteiger partial charge in [-0.2, -0.15) is 4.37 Å². The van der Waals surface area contributed by atoms with Gasteiger partial charge in [-0.05, 0) is 24.5 Å². The number of hydrogen-bond acceptors (Lipinski definition) is 4. The normalized spacial score (nSPS) is 13.4. The standard InChI is InChI=1S/C6H9ClN2OS/c7-4-3-9-11-6(4)5(10)1-2-8/h3,5,10H,1-2,8H2. The Bertz CT molecular complexity index is 228. The maximum absolute atomic E-state index is 9.40. The first-order valence-corrected chi connectivity index (χ1v) is 4.39. The molecule has 1 unspecified atom stereocenters. The van der Waals surface area contributed by atoms with Crippen LogP contribution < -0.4 is 5.73 Å². The molecule has 0 saturated carbocycles. The number of aliphatic hydroxyl groups excluding tert-OH is 1. The Hall–Kier alpha value is -0.160. The van der Waals surface area contributed by atoms with E-state index in [-0.39, 0.29) is 0 Å². The number of halogens is 1. The Kier molecular flexibility index (Phi) is 3.26. The van der Waals surface area contributed by atoms with E-state index >= 15 is 0 Å². The highest BCUT2D eigenvalue weighted by Crippen LogP contribution is 2.27. The van der Waals surface area contributed by atoms with Gasteiger partial charge in [0.15, 0.2) is 0 Å². The molecule has 5 heteroatoms. The molecule has 0 aliphatic heterocycles. The van der Waals surface area contributed by atoms with Gasteiger partial charge in [0, 0.05) is 0 Å². The average Bonchev–Trinajstić information content (AvgIpc) is 2.36. The fourth-order valence-electron chi connectivity index (χ4n) is 0.746. The molecule has 0 bridgehead atoms. The summed E-state index contributed by atoms with van der Waals surface area (Å²) in [5, 5.41) is 9.92. The first-order chi connectivity index (χ1) is 5.25. The van der Waals surface area contributed by atoms with Crippen LogP contribution in [-0.2, 0) is 0 Å². The second-order valence-corrected chi connectivity index (χ2v) is 3.37. The lowest BCUT2D eigenvalue weighted by molar-refractivity contribution is 0.174. The molecule has 0 amide bonds. The molecule has 1 rings (SSSR count). The smallest absolute Gasteiger partial charge is 0.0925 e. The second-order valence-electron chi connectivity index (χ2n) is 2.13. The predicted octanol–water partition coefficient (Wildman–Crippen LogP) is 1.18. The Morgan fingerprint density at radius 3 is 3.00 bits per heavy atom. The first kappa shape index (κ1) is 8.93. The highest BCUT2D eigenvalue weighted by Gasteiger charge is 2.12. The third-order valence-electron chi connectivity index (χ3n) is 1.30. The summed E-state index contributed by atoms with van der Waals surface area (Å²) in [5.74, 6) is 0. The zero-order valence-electron chi connectivity index (χ0n) is 5.83. The summed E-state index contributed by atoms with van der Waals surface area (Å²) in [4.78, 5) is 0.706. The summed E-state index contributed by atoms with van der Waals surface area (Å²) in [7, 11) is 0. The maximum atomic E-state index is 9.40. The van der Waals surface area contributed by atoms with Crippen molar-refractivity contribution in [1.29, 1.82) is 0 Å². The van der Waals surface area contributed by atoms with E-state index in [4.69, 9.17) is 17.3 Å². The maximum Gasteiger partial charge on any atom is 0.0925 e. The number of nitrogens with two attached hydrogens (primary N) is 1. The SMILES string of the molecule is NCCC(O)c1sncc1Cl. The van der Waals surface area contributed by atoms with Crippen molar-refractivity contribution in [1.82, 2.24) is 4.37 Å². The number of aliphatic hydroxyl groups is 1. The van der Waals surface area contributed by atoms with Crippen LogP contribution in [-0.4, -0.2) is 16.0 Å². The van der Waals surface area contributed by atoms with Crippen molar-refractivity contribution in [2.45, 2.75) is 12.5 Å². The van der Waals surface area contributed by atoms with E-state index < -0.39 is 6.10 Å². The summed E-state index contributed by atoms with van der Waals surface area (Å²) >= 11 is 6.93. The fraction of sp³-hybridized carbons (Fsp3) is 0.500. The van der Waals surface area contributed by atoms with Gasteiger partial charge in [0.25, 0.3) is 0 Å². The van der Waals surface area contributed by atoms with Gasteiger partial charge in [0.1, 0.15) is 0 Å². The van der Waals surface area contributed by atoms with E-state index in [1.165, 1.54) is 17.7 Å². The van der Waals surface area contributed by atoms with E-state index in [1.807, 2.05) is 0 Å². The van der Waals surface area contributed by atoms with Crippen LogP contribution in [0.15, 0.2) is 6.20 Å². The van der Waals surface area contributed by atoms with Crippen LogP contribution in [0.3, 0.4) is 0 Å². The van der Waals surface area contributed by atoms with Gasteiger partial charge in [-0.1, -0.05) is 11.6 Å². The molecule has 3 nitrogen and oxygen atoms in total. The Morgan fingerprint density at radius 1 is 1.82 bits per heavy atom. The Balaban J connectivity index is 2.67. The third-order valence-corrected chi connectivity index (χ3v) is 2.61. The Labute approximate surface area is 74.0 Å². The molecule has 0 aliphatic carbocycles. The van der Waals surface area contributed by atoms with Crippen molar-refractivity contribution >= 4 is 23.1 Å². The molecular formula is C6H9ClN2OS. The quantitative estimate of drug-likeness (QED) is 0.756. The summed E-state index contributed by atoms with van der Waals surface area (Å²) in [6.45, 7) is 0.454. The molecule has 0 aromatic carbocycles. The van der Waals surface area contributed by atoms with Gasteiger partial charge in [-0.15, -0.1) is 0 Å². The van der Waals surface area contributed by atoms with Crippen molar-refractivity contribution in [2.24, 2.45) is 5.73 Å². The molecule has 1 atom stereocenters. The molecule has 0 spiro atoms. The van der Waals surface area contributed by atoms with Gasteiger partial charge >= 0.3 is 0 Å². The lowest BCUT2D eigenvalue weighted by Crippen LogP contribution is -2.05. The topological polar surface area (TPSA) is 59.1 Å². The zero-order chi connectivity index (χ0) is 8.27. The summed E-state index contributed by atoms with van der Waals surface area (Å²) in [6, 6.07) is 0. The van der Waals surface area contributed by atoms with Gasteiger partial charge in [-0.3, -0.25) is 0 Å². The van der Waals surface area contributed by atoms with Crippen LogP contribution in [0.1, 0.15) is 17.4 Å². The molecule has 0 radical (unpaired) electrons. The number of hydrogen-bond donors (Lipinski definition) is 2. The van der Waals surface area contributed by atoms with Crippen LogP contribution in [0.2, 0.25) is 5.02 Å². The Morgan fingerprint density at radius 2 is 2.55 bits per heavy atom. The largest absolute Gasteiger partial charge is 0.387 e. The van der Waals surface area contributed by atoms with Crippen molar-refractivity contribution in [3.05, 3.63) is 16.1 Å². The van der Waals surface area contributed by atoms with Crippen LogP contribution in [0.25, 0.3) is 0 Å².